The van der Waals surface area contributed by atoms with Gasteiger partial charge in [-0.2, -0.15) is 0 Å². The van der Waals surface area contributed by atoms with Crippen LogP contribution in [0.1, 0.15) is 6.92 Å². The summed E-state index contributed by atoms with van der Waals surface area (Å²) in [7, 11) is 0. The first-order valence-electron chi connectivity index (χ1n) is 8.02. The van der Waals surface area contributed by atoms with Gasteiger partial charge in [0.1, 0.15) is 4.70 Å². The molecule has 25 heavy (non-hydrogen) atoms. The zero-order chi connectivity index (χ0) is 17.2. The van der Waals surface area contributed by atoms with Gasteiger partial charge < -0.3 is 15.0 Å². The third kappa shape index (κ3) is 3.31. The van der Waals surface area contributed by atoms with E-state index in [2.05, 4.69) is 20.2 Å². The van der Waals surface area contributed by atoms with E-state index in [9.17, 15) is 4.79 Å². The molecule has 8 heteroatoms. The van der Waals surface area contributed by atoms with E-state index < -0.39 is 0 Å². The zero-order valence-electron chi connectivity index (χ0n) is 13.7. The molecule has 0 aliphatic carbocycles. The van der Waals surface area contributed by atoms with Crippen LogP contribution in [0.5, 0.6) is 0 Å². The Morgan fingerprint density at radius 3 is 2.68 bits per heavy atom. The second-order valence-electron chi connectivity index (χ2n) is 5.73. The monoisotopic (exact) mass is 355 g/mol. The number of ether oxygens (including phenoxy) is 1. The molecule has 4 rings (SSSR count). The lowest BCUT2D eigenvalue weighted by atomic mass is 10.2. The zero-order valence-corrected chi connectivity index (χ0v) is 14.5. The lowest BCUT2D eigenvalue weighted by Crippen LogP contribution is -2.36. The highest BCUT2D eigenvalue weighted by molar-refractivity contribution is 7.17. The molecule has 1 N–H and O–H groups in total. The van der Waals surface area contributed by atoms with Gasteiger partial charge >= 0.3 is 0 Å². The Kier molecular flexibility index (Phi) is 4.29. The summed E-state index contributed by atoms with van der Waals surface area (Å²) in [6.07, 6.45) is 0. The Morgan fingerprint density at radius 2 is 1.96 bits per heavy atom. The number of benzene rings is 1. The fourth-order valence-electron chi connectivity index (χ4n) is 2.77. The minimum absolute atomic E-state index is 0.0949. The van der Waals surface area contributed by atoms with Crippen molar-refractivity contribution in [3.05, 3.63) is 29.8 Å². The Balaban J connectivity index is 1.73. The van der Waals surface area contributed by atoms with Crippen LogP contribution in [0.25, 0.3) is 21.7 Å². The van der Waals surface area contributed by atoms with E-state index in [1.807, 2.05) is 24.3 Å². The van der Waals surface area contributed by atoms with Gasteiger partial charge in [0.15, 0.2) is 17.3 Å². The fourth-order valence-corrected chi connectivity index (χ4v) is 3.52. The van der Waals surface area contributed by atoms with Crippen molar-refractivity contribution in [1.29, 1.82) is 0 Å². The van der Waals surface area contributed by atoms with Crippen LogP contribution in [0, 0.1) is 0 Å². The Labute approximate surface area is 148 Å². The summed E-state index contributed by atoms with van der Waals surface area (Å²) in [6, 6.07) is 7.50. The molecule has 2 aromatic heterocycles. The van der Waals surface area contributed by atoms with E-state index >= 15 is 0 Å². The van der Waals surface area contributed by atoms with E-state index in [4.69, 9.17) is 9.72 Å². The maximum Gasteiger partial charge on any atom is 0.221 e. The Hall–Kier alpha value is -2.58. The quantitative estimate of drug-likeness (QED) is 0.778. The largest absolute Gasteiger partial charge is 0.378 e. The number of anilines is 2. The highest BCUT2D eigenvalue weighted by atomic mass is 32.1. The normalized spacial score (nSPS) is 14.7. The van der Waals surface area contributed by atoms with E-state index in [0.29, 0.717) is 24.7 Å². The van der Waals surface area contributed by atoms with Gasteiger partial charge in [0.05, 0.1) is 18.7 Å². The molecule has 1 aliphatic heterocycles. The fraction of sp³-hybridized carbons (Fsp3) is 0.294. The van der Waals surface area contributed by atoms with Gasteiger partial charge in [-0.15, -0.1) is 11.3 Å². The highest BCUT2D eigenvalue weighted by Gasteiger charge is 2.19. The maximum absolute atomic E-state index is 11.1. The lowest BCUT2D eigenvalue weighted by molar-refractivity contribution is -0.114. The number of hydrogen-bond acceptors (Lipinski definition) is 7. The van der Waals surface area contributed by atoms with Gasteiger partial charge in [-0.25, -0.2) is 15.0 Å². The van der Waals surface area contributed by atoms with Crippen molar-refractivity contribution >= 4 is 39.1 Å². The second-order valence-corrected chi connectivity index (χ2v) is 6.59. The predicted molar refractivity (Wildman–Crippen MR) is 98.0 cm³/mol. The molecule has 3 heterocycles. The smallest absolute Gasteiger partial charge is 0.221 e. The van der Waals surface area contributed by atoms with Gasteiger partial charge in [-0.1, -0.05) is 0 Å². The van der Waals surface area contributed by atoms with Gasteiger partial charge in [0, 0.05) is 31.3 Å². The SMILES string of the molecule is CC(=O)Nc1ccc(-c2nc(N3CCOCC3)c3scnc3n2)cc1. The first-order chi connectivity index (χ1) is 12.2. The van der Waals surface area contributed by atoms with Crippen LogP contribution in [-0.4, -0.2) is 47.2 Å². The van der Waals surface area contributed by atoms with Crippen molar-refractivity contribution in [2.24, 2.45) is 0 Å². The minimum Gasteiger partial charge on any atom is -0.378 e. The molecule has 3 aromatic rings. The number of aromatic nitrogens is 3. The number of carbonyl (C=O) groups excluding carboxylic acids is 1. The summed E-state index contributed by atoms with van der Waals surface area (Å²) in [5.74, 6) is 1.45. The average molecular weight is 355 g/mol. The van der Waals surface area contributed by atoms with Crippen LogP contribution in [0.4, 0.5) is 11.5 Å². The molecular weight excluding hydrogens is 338 g/mol. The van der Waals surface area contributed by atoms with Crippen LogP contribution in [0.3, 0.4) is 0 Å². The molecule has 128 valence electrons. The minimum atomic E-state index is -0.0949. The van der Waals surface area contributed by atoms with Crippen LogP contribution < -0.4 is 10.2 Å². The van der Waals surface area contributed by atoms with Crippen molar-refractivity contribution < 1.29 is 9.53 Å². The predicted octanol–water partition coefficient (Wildman–Crippen LogP) is 2.55. The van der Waals surface area contributed by atoms with E-state index in [-0.39, 0.29) is 5.91 Å². The van der Waals surface area contributed by atoms with Crippen LogP contribution in [0.2, 0.25) is 0 Å². The van der Waals surface area contributed by atoms with Gasteiger partial charge in [0.2, 0.25) is 5.91 Å². The van der Waals surface area contributed by atoms with Crippen LogP contribution in [-0.2, 0) is 9.53 Å². The van der Waals surface area contributed by atoms with E-state index in [1.54, 1.807) is 16.8 Å². The number of morpholine rings is 1. The number of thiazole rings is 1. The number of fused-ring (bicyclic) bond motifs is 1. The van der Waals surface area contributed by atoms with Crippen LogP contribution in [0.15, 0.2) is 29.8 Å². The van der Waals surface area contributed by atoms with Gasteiger partial charge in [-0.3, -0.25) is 4.79 Å². The number of hydrogen-bond donors (Lipinski definition) is 1. The summed E-state index contributed by atoms with van der Waals surface area (Å²) in [6.45, 7) is 4.51. The summed E-state index contributed by atoms with van der Waals surface area (Å²) in [5.41, 5.74) is 4.15. The third-order valence-electron chi connectivity index (χ3n) is 3.95. The third-order valence-corrected chi connectivity index (χ3v) is 4.76. The topological polar surface area (TPSA) is 80.2 Å². The summed E-state index contributed by atoms with van der Waals surface area (Å²) in [4.78, 5) is 27.1. The number of nitrogens with one attached hydrogen (secondary N) is 1. The molecule has 1 fully saturated rings. The molecule has 7 nitrogen and oxygen atoms in total. The van der Waals surface area contributed by atoms with Gasteiger partial charge in [-0.05, 0) is 24.3 Å². The lowest BCUT2D eigenvalue weighted by Gasteiger charge is -2.28. The highest BCUT2D eigenvalue weighted by Crippen LogP contribution is 2.30. The molecule has 1 aromatic carbocycles. The molecule has 0 atom stereocenters. The van der Waals surface area contributed by atoms with E-state index in [0.717, 1.165) is 34.9 Å². The Bertz CT molecular complexity index is 903. The van der Waals surface area contributed by atoms with Crippen molar-refractivity contribution in [2.45, 2.75) is 6.92 Å². The van der Waals surface area contributed by atoms with Crippen molar-refractivity contribution in [3.8, 4) is 11.4 Å². The summed E-state index contributed by atoms with van der Waals surface area (Å²) in [5, 5.41) is 2.76. The average Bonchev–Trinajstić information content (AvgIpc) is 3.10. The van der Waals surface area contributed by atoms with Gasteiger partial charge in [0.25, 0.3) is 0 Å². The maximum atomic E-state index is 11.1. The van der Waals surface area contributed by atoms with Crippen molar-refractivity contribution in [2.75, 3.05) is 36.5 Å². The molecular formula is C17H17N5O2S. The first kappa shape index (κ1) is 15.9. The summed E-state index contributed by atoms with van der Waals surface area (Å²) >= 11 is 1.55. The molecule has 1 saturated heterocycles. The number of rotatable bonds is 3. The van der Waals surface area contributed by atoms with Crippen molar-refractivity contribution in [1.82, 2.24) is 15.0 Å². The molecule has 0 spiro atoms. The van der Waals surface area contributed by atoms with Crippen LogP contribution >= 0.6 is 11.3 Å². The molecule has 1 amide bonds. The standard InChI is InChI=1S/C17H17N5O2S/c1-11(23)19-13-4-2-12(3-5-13)15-20-16-14(25-10-18-16)17(21-15)22-6-8-24-9-7-22/h2-5,10H,6-9H2,1H3,(H,19,23). The summed E-state index contributed by atoms with van der Waals surface area (Å²) < 4.78 is 6.44. The van der Waals surface area contributed by atoms with Crippen molar-refractivity contribution in [3.63, 3.8) is 0 Å². The molecule has 0 bridgehead atoms. The number of carbonyl (C=O) groups is 1. The van der Waals surface area contributed by atoms with E-state index in [1.165, 1.54) is 6.92 Å². The molecule has 0 unspecified atom stereocenters. The first-order valence-corrected chi connectivity index (χ1v) is 8.90. The Morgan fingerprint density at radius 1 is 1.20 bits per heavy atom. The molecule has 0 radical (unpaired) electrons. The molecule has 0 saturated carbocycles. The number of nitrogens with zero attached hydrogens (tertiary/aromatic N) is 4. The second kappa shape index (κ2) is 6.73. The number of amides is 1. The molecule has 1 aliphatic rings.